The first-order valence-electron chi connectivity index (χ1n) is 23.9. The van der Waals surface area contributed by atoms with Gasteiger partial charge in [0.15, 0.2) is 12.4 Å². The Morgan fingerprint density at radius 3 is 1.08 bits per heavy atom. The third kappa shape index (κ3) is 15.8. The predicted molar refractivity (Wildman–Crippen MR) is 289 cm³/mol. The van der Waals surface area contributed by atoms with Crippen molar-refractivity contribution in [2.75, 3.05) is 13.2 Å². The van der Waals surface area contributed by atoms with E-state index >= 15 is 0 Å². The van der Waals surface area contributed by atoms with Crippen molar-refractivity contribution < 1.29 is 14.7 Å². The summed E-state index contributed by atoms with van der Waals surface area (Å²) in [4.78, 5) is 13.1. The van der Waals surface area contributed by atoms with E-state index in [2.05, 4.69) is 219 Å². The van der Waals surface area contributed by atoms with E-state index < -0.39 is 16.5 Å². The van der Waals surface area contributed by atoms with Crippen molar-refractivity contribution in [3.8, 4) is 0 Å². The summed E-state index contributed by atoms with van der Waals surface area (Å²) in [6, 6.07) is 22.9. The molecule has 344 valence electrons. The van der Waals surface area contributed by atoms with Crippen molar-refractivity contribution in [1.29, 1.82) is 0 Å². The van der Waals surface area contributed by atoms with Gasteiger partial charge < -0.3 is 14.4 Å². The van der Waals surface area contributed by atoms with E-state index in [1.807, 2.05) is 0 Å². The number of para-hydroxylation sites is 2. The fourth-order valence-electron chi connectivity index (χ4n) is 8.42. The van der Waals surface area contributed by atoms with Crippen LogP contribution in [0.3, 0.4) is 0 Å². The van der Waals surface area contributed by atoms with E-state index in [0.29, 0.717) is 23.7 Å². The summed E-state index contributed by atoms with van der Waals surface area (Å²) >= 11 is 0. The fourth-order valence-corrected chi connectivity index (χ4v) is 16.5. The second-order valence-electron chi connectivity index (χ2n) is 23.1. The van der Waals surface area contributed by atoms with E-state index in [-0.39, 0.29) is 59.7 Å². The number of nitrogens with zero attached hydrogens (tertiary/aromatic N) is 2. The van der Waals surface area contributed by atoms with Crippen molar-refractivity contribution in [2.45, 2.75) is 184 Å². The van der Waals surface area contributed by atoms with E-state index in [4.69, 9.17) is 14.4 Å². The summed E-state index contributed by atoms with van der Waals surface area (Å²) in [6.07, 6.45) is 6.97. The Labute approximate surface area is 433 Å². The number of hydrogen-bond donors (Lipinski definition) is 2. The third-order valence-corrected chi connectivity index (χ3v) is 16.9. The van der Waals surface area contributed by atoms with Crippen molar-refractivity contribution >= 4 is 111 Å². The SMILES string of the molecule is C1CCOC1.CC(C)c1cccc(C(C)C)c1[NH+]=Cc1cc(C(C)(C)C)cc2c1[n-]c1c(C=[NH+]c3c(C(C)C)cccc3C(C)C)cc(C(C)(C)C)cc12.C[Si](C)(C)[N-][Si](C)(C)C.[Ba+2]. The van der Waals surface area contributed by atoms with Gasteiger partial charge >= 0.3 is 48.9 Å². The number of hydrogen-bond acceptors (Lipinski definition) is 1. The van der Waals surface area contributed by atoms with Gasteiger partial charge in [-0.2, -0.15) is 0 Å². The van der Waals surface area contributed by atoms with Gasteiger partial charge in [0, 0.05) is 46.6 Å². The normalized spacial score (nSPS) is 14.0. The van der Waals surface area contributed by atoms with Crippen molar-refractivity contribution in [3.63, 3.8) is 0 Å². The summed E-state index contributed by atoms with van der Waals surface area (Å²) in [6.45, 7) is 47.8. The maximum atomic E-state index is 5.47. The van der Waals surface area contributed by atoms with Crippen LogP contribution in [0.25, 0.3) is 26.5 Å². The molecule has 64 heavy (non-hydrogen) atoms. The minimum Gasteiger partial charge on any atom is -0.668 e. The van der Waals surface area contributed by atoms with Gasteiger partial charge in [-0.15, -0.1) is 11.0 Å². The Kier molecular flexibility index (Phi) is 20.5. The predicted octanol–water partition coefficient (Wildman–Crippen LogP) is 13.1. The third-order valence-electron chi connectivity index (χ3n) is 11.5. The van der Waals surface area contributed by atoms with Crippen LogP contribution in [0.5, 0.6) is 0 Å². The molecule has 0 atom stereocenters. The monoisotopic (exact) mass is 1020 g/mol. The fraction of sp³-hybridized carbons (Fsp3) is 0.536. The van der Waals surface area contributed by atoms with Gasteiger partial charge in [-0.25, -0.2) is 9.98 Å². The summed E-state index contributed by atoms with van der Waals surface area (Å²) in [5.74, 6) is 1.64. The maximum absolute atomic E-state index is 5.47. The molecule has 1 aliphatic heterocycles. The standard InChI is InChI=1S/C46H58N3.C6H18NSi2.C4H8O.Ba/c1-27(2)35-17-15-18-36(28(3)4)43(35)47-25-31-21-33(45(9,10)11)23-39-40-24-34(46(12,13)14)22-32(42(40)49-41(31)39)26-48-44-37(29(5)6)19-16-20-38(44)30(7)8;1-8(2,3)7-9(4,5)6;1-2-4-5-3-1;/h15-30H,1-14H3;1-6H3;1-4H2;/q2*-1;;+2/p+2. The minimum absolute atomic E-state index is 0. The van der Waals surface area contributed by atoms with E-state index in [0.717, 1.165) is 35.4 Å². The number of aromatic nitrogens is 1. The van der Waals surface area contributed by atoms with Crippen LogP contribution in [0.4, 0.5) is 11.4 Å². The largest absolute Gasteiger partial charge is 2.00 e. The van der Waals surface area contributed by atoms with Gasteiger partial charge in [-0.05, 0) is 81.4 Å². The molecule has 0 saturated carbocycles. The molecule has 1 aliphatic rings. The van der Waals surface area contributed by atoms with Crippen LogP contribution in [0.2, 0.25) is 39.3 Å². The van der Waals surface area contributed by atoms with Crippen LogP contribution in [0.15, 0.2) is 60.7 Å². The van der Waals surface area contributed by atoms with Crippen LogP contribution in [0, 0.1) is 0 Å². The average molecular weight is 1020 g/mol. The summed E-state index contributed by atoms with van der Waals surface area (Å²) in [7, 11) is -2.21. The van der Waals surface area contributed by atoms with Gasteiger partial charge in [-0.3, -0.25) is 0 Å². The first-order chi connectivity index (χ1) is 29.1. The zero-order valence-corrected chi connectivity index (χ0v) is 50.5. The van der Waals surface area contributed by atoms with Crippen LogP contribution >= 0.6 is 0 Å². The Hall–Kier alpha value is -2.05. The zero-order valence-electron chi connectivity index (χ0n) is 44.1. The molecule has 0 unspecified atom stereocenters. The molecule has 2 heterocycles. The first kappa shape index (κ1) is 56.3. The number of nitrogens with one attached hydrogen (secondary N) is 2. The molecule has 0 aliphatic carbocycles. The van der Waals surface area contributed by atoms with E-state index in [1.54, 1.807) is 0 Å². The van der Waals surface area contributed by atoms with Gasteiger partial charge in [0.2, 0.25) is 11.4 Å². The molecule has 8 heteroatoms. The molecule has 5 aromatic rings. The number of ether oxygens (including phenoxy) is 1. The molecule has 2 N–H and O–H groups in total. The molecule has 6 rings (SSSR count). The summed E-state index contributed by atoms with van der Waals surface area (Å²) < 4.78 is 9.76. The van der Waals surface area contributed by atoms with Gasteiger partial charge in [0.05, 0.1) is 0 Å². The van der Waals surface area contributed by atoms with Gasteiger partial charge in [-0.1, -0.05) is 201 Å². The van der Waals surface area contributed by atoms with Crippen LogP contribution < -0.4 is 15.0 Å². The van der Waals surface area contributed by atoms with Crippen LogP contribution in [-0.4, -0.2) is 91.0 Å². The minimum atomic E-state index is -1.11. The first-order valence-corrected chi connectivity index (χ1v) is 30.8. The molecule has 1 fully saturated rings. The molecular formula is C56H86BaN4OSi2+2. The summed E-state index contributed by atoms with van der Waals surface area (Å²) in [5, 5.41) is 2.42. The van der Waals surface area contributed by atoms with Crippen molar-refractivity contribution in [2.24, 2.45) is 0 Å². The quantitative estimate of drug-likeness (QED) is 0.108. The number of fused-ring (bicyclic) bond motifs is 3. The molecule has 0 amide bonds. The second-order valence-corrected chi connectivity index (χ2v) is 32.7. The zero-order chi connectivity index (χ0) is 47.2. The van der Waals surface area contributed by atoms with Crippen LogP contribution in [-0.2, 0) is 15.6 Å². The molecule has 4 aromatic carbocycles. The smallest absolute Gasteiger partial charge is 0.668 e. The van der Waals surface area contributed by atoms with E-state index in [1.165, 1.54) is 68.4 Å². The molecule has 1 aromatic heterocycles. The Balaban J connectivity index is 0.000000621. The Bertz CT molecular complexity index is 2140. The Morgan fingerprint density at radius 1 is 0.547 bits per heavy atom. The van der Waals surface area contributed by atoms with E-state index in [9.17, 15) is 0 Å². The molecule has 0 bridgehead atoms. The number of benzene rings is 4. The molecule has 0 radical (unpaired) electrons. The van der Waals surface area contributed by atoms with Crippen molar-refractivity contribution in [3.05, 3.63) is 110 Å². The average Bonchev–Trinajstić information content (AvgIpc) is 3.86. The molecular weight excluding hydrogens is 938 g/mol. The van der Waals surface area contributed by atoms with Gasteiger partial charge in [0.1, 0.15) is 0 Å². The van der Waals surface area contributed by atoms with Gasteiger partial charge in [0.25, 0.3) is 0 Å². The second kappa shape index (κ2) is 23.3. The number of rotatable bonds is 10. The topological polar surface area (TPSA) is 65.4 Å². The Morgan fingerprint density at radius 2 is 0.859 bits per heavy atom. The summed E-state index contributed by atoms with van der Waals surface area (Å²) in [5.41, 5.74) is 14.7. The van der Waals surface area contributed by atoms with Crippen LogP contribution in [0.1, 0.15) is 178 Å². The molecule has 0 spiro atoms. The molecule has 1 saturated heterocycles. The van der Waals surface area contributed by atoms with Crippen molar-refractivity contribution in [1.82, 2.24) is 4.98 Å². The molecule has 5 nitrogen and oxygen atoms in total. The maximum Gasteiger partial charge on any atom is 2.00 e.